The molecule has 0 radical (unpaired) electrons. The quantitative estimate of drug-likeness (QED) is 0.778. The largest absolute Gasteiger partial charge is 0.334 e. The fourth-order valence-electron chi connectivity index (χ4n) is 3.18. The van der Waals surface area contributed by atoms with E-state index >= 15 is 0 Å². The van der Waals surface area contributed by atoms with Gasteiger partial charge in [0.15, 0.2) is 5.82 Å². The number of fused-ring (bicyclic) bond motifs is 1. The number of aromatic nitrogens is 2. The molecule has 106 valence electrons. The minimum Gasteiger partial charge on any atom is -0.334 e. The van der Waals surface area contributed by atoms with Gasteiger partial charge in [-0.25, -0.2) is 0 Å². The van der Waals surface area contributed by atoms with Gasteiger partial charge in [-0.1, -0.05) is 54.4 Å². The summed E-state index contributed by atoms with van der Waals surface area (Å²) >= 11 is 0. The Labute approximate surface area is 123 Å². The van der Waals surface area contributed by atoms with Crippen molar-refractivity contribution >= 4 is 10.8 Å². The van der Waals surface area contributed by atoms with Crippen LogP contribution in [0.25, 0.3) is 22.2 Å². The molecule has 0 amide bonds. The molecule has 4 heteroatoms. The van der Waals surface area contributed by atoms with E-state index in [1.807, 2.05) is 24.3 Å². The van der Waals surface area contributed by atoms with Crippen molar-refractivity contribution in [1.29, 1.82) is 0 Å². The third-order valence-electron chi connectivity index (χ3n) is 4.39. The Morgan fingerprint density at radius 2 is 1.76 bits per heavy atom. The molecule has 1 aromatic heterocycles. The van der Waals surface area contributed by atoms with E-state index in [2.05, 4.69) is 28.3 Å². The van der Waals surface area contributed by atoms with Crippen molar-refractivity contribution in [3.63, 3.8) is 0 Å². The average molecular weight is 279 g/mol. The molecule has 1 saturated carbocycles. The summed E-state index contributed by atoms with van der Waals surface area (Å²) in [5.41, 5.74) is 6.96. The van der Waals surface area contributed by atoms with Crippen molar-refractivity contribution in [1.82, 2.24) is 10.1 Å². The summed E-state index contributed by atoms with van der Waals surface area (Å²) in [6.45, 7) is 0. The molecule has 0 aliphatic heterocycles. The molecule has 1 aliphatic rings. The van der Waals surface area contributed by atoms with Crippen LogP contribution in [0.2, 0.25) is 0 Å². The fourth-order valence-corrected chi connectivity index (χ4v) is 3.18. The standard InChI is InChI=1S/C17H17N3O/c18-17(10-3-4-11-17)16-19-15(21-20-16)14-9-5-7-12-6-1-2-8-13(12)14/h1-2,5-9H,3-4,10-11,18H2. The van der Waals surface area contributed by atoms with Gasteiger partial charge in [-0.2, -0.15) is 4.98 Å². The topological polar surface area (TPSA) is 64.9 Å². The lowest BCUT2D eigenvalue weighted by Crippen LogP contribution is -2.34. The van der Waals surface area contributed by atoms with E-state index in [1.165, 1.54) is 0 Å². The van der Waals surface area contributed by atoms with Gasteiger partial charge in [0.05, 0.1) is 5.54 Å². The molecule has 4 rings (SSSR count). The summed E-state index contributed by atoms with van der Waals surface area (Å²) in [4.78, 5) is 4.58. The maximum Gasteiger partial charge on any atom is 0.258 e. The number of nitrogens with two attached hydrogens (primary N) is 1. The highest BCUT2D eigenvalue weighted by molar-refractivity contribution is 5.94. The number of hydrogen-bond acceptors (Lipinski definition) is 4. The highest BCUT2D eigenvalue weighted by Crippen LogP contribution is 2.36. The molecule has 4 nitrogen and oxygen atoms in total. The number of benzene rings is 2. The van der Waals surface area contributed by atoms with Crippen LogP contribution in [0.5, 0.6) is 0 Å². The molecular weight excluding hydrogens is 262 g/mol. The maximum atomic E-state index is 6.40. The second kappa shape index (κ2) is 4.67. The lowest BCUT2D eigenvalue weighted by molar-refractivity contribution is 0.373. The summed E-state index contributed by atoms with van der Waals surface area (Å²) < 4.78 is 5.50. The van der Waals surface area contributed by atoms with E-state index < -0.39 is 5.54 Å². The summed E-state index contributed by atoms with van der Waals surface area (Å²) in [5, 5.41) is 6.43. The zero-order valence-electron chi connectivity index (χ0n) is 11.7. The van der Waals surface area contributed by atoms with Crippen molar-refractivity contribution in [3.8, 4) is 11.5 Å². The molecule has 2 N–H and O–H groups in total. The third-order valence-corrected chi connectivity index (χ3v) is 4.39. The number of nitrogens with zero attached hydrogens (tertiary/aromatic N) is 2. The van der Waals surface area contributed by atoms with Crippen molar-refractivity contribution in [3.05, 3.63) is 48.3 Å². The van der Waals surface area contributed by atoms with Crippen molar-refractivity contribution in [2.75, 3.05) is 0 Å². The first-order valence-electron chi connectivity index (χ1n) is 7.37. The lowest BCUT2D eigenvalue weighted by Gasteiger charge is -2.17. The summed E-state index contributed by atoms with van der Waals surface area (Å²) in [7, 11) is 0. The van der Waals surface area contributed by atoms with Gasteiger partial charge in [0, 0.05) is 5.56 Å². The molecule has 1 heterocycles. The van der Waals surface area contributed by atoms with Crippen LogP contribution in [-0.2, 0) is 5.54 Å². The zero-order chi connectivity index (χ0) is 14.3. The van der Waals surface area contributed by atoms with Gasteiger partial charge in [-0.3, -0.25) is 0 Å². The first kappa shape index (κ1) is 12.5. The Morgan fingerprint density at radius 1 is 1.00 bits per heavy atom. The molecule has 0 atom stereocenters. The highest BCUT2D eigenvalue weighted by atomic mass is 16.5. The fraction of sp³-hybridized carbons (Fsp3) is 0.294. The summed E-state index contributed by atoms with van der Waals surface area (Å²) in [5.74, 6) is 1.20. The van der Waals surface area contributed by atoms with E-state index in [1.54, 1.807) is 0 Å². The van der Waals surface area contributed by atoms with Crippen LogP contribution in [-0.4, -0.2) is 10.1 Å². The third kappa shape index (κ3) is 2.03. The Morgan fingerprint density at radius 3 is 2.62 bits per heavy atom. The van der Waals surface area contributed by atoms with Gasteiger partial charge in [-0.15, -0.1) is 0 Å². The van der Waals surface area contributed by atoms with Gasteiger partial charge in [0.25, 0.3) is 5.89 Å². The second-order valence-electron chi connectivity index (χ2n) is 5.81. The van der Waals surface area contributed by atoms with Gasteiger partial charge in [-0.05, 0) is 29.7 Å². The van der Waals surface area contributed by atoms with Gasteiger partial charge < -0.3 is 10.3 Å². The smallest absolute Gasteiger partial charge is 0.258 e. The van der Waals surface area contributed by atoms with Crippen LogP contribution in [0.3, 0.4) is 0 Å². The Balaban J connectivity index is 1.81. The highest BCUT2D eigenvalue weighted by Gasteiger charge is 2.36. The van der Waals surface area contributed by atoms with Crippen LogP contribution in [0, 0.1) is 0 Å². The molecule has 0 unspecified atom stereocenters. The van der Waals surface area contributed by atoms with E-state index in [9.17, 15) is 0 Å². The molecule has 1 fully saturated rings. The Hall–Kier alpha value is -2.20. The van der Waals surface area contributed by atoms with E-state index in [-0.39, 0.29) is 0 Å². The number of hydrogen-bond donors (Lipinski definition) is 1. The molecule has 3 aromatic rings. The minimum absolute atomic E-state index is 0.410. The summed E-state index contributed by atoms with van der Waals surface area (Å²) in [6.07, 6.45) is 4.13. The van der Waals surface area contributed by atoms with E-state index in [4.69, 9.17) is 10.3 Å². The summed E-state index contributed by atoms with van der Waals surface area (Å²) in [6, 6.07) is 14.3. The molecule has 1 aliphatic carbocycles. The molecular formula is C17H17N3O. The first-order valence-corrected chi connectivity index (χ1v) is 7.37. The number of rotatable bonds is 2. The van der Waals surface area contributed by atoms with E-state index in [0.29, 0.717) is 11.7 Å². The Bertz CT molecular complexity index is 782. The monoisotopic (exact) mass is 279 g/mol. The average Bonchev–Trinajstić information content (AvgIpc) is 3.16. The minimum atomic E-state index is -0.410. The van der Waals surface area contributed by atoms with E-state index in [0.717, 1.165) is 42.0 Å². The van der Waals surface area contributed by atoms with Gasteiger partial charge in [0.1, 0.15) is 0 Å². The zero-order valence-corrected chi connectivity index (χ0v) is 11.7. The normalized spacial score (nSPS) is 17.4. The van der Waals surface area contributed by atoms with Crippen LogP contribution >= 0.6 is 0 Å². The molecule has 0 spiro atoms. The van der Waals surface area contributed by atoms with Crippen molar-refractivity contribution in [2.45, 2.75) is 31.2 Å². The SMILES string of the molecule is NC1(c2noc(-c3cccc4ccccc34)n2)CCCC1. The van der Waals surface area contributed by atoms with Gasteiger partial charge in [0.2, 0.25) is 0 Å². The van der Waals surface area contributed by atoms with Gasteiger partial charge >= 0.3 is 0 Å². The van der Waals surface area contributed by atoms with Crippen LogP contribution in [0.15, 0.2) is 47.0 Å². The molecule has 0 saturated heterocycles. The molecule has 2 aromatic carbocycles. The van der Waals surface area contributed by atoms with Crippen LogP contribution < -0.4 is 5.73 Å². The Kier molecular flexibility index (Phi) is 2.79. The van der Waals surface area contributed by atoms with Crippen molar-refractivity contribution in [2.24, 2.45) is 5.73 Å². The molecule has 0 bridgehead atoms. The lowest BCUT2D eigenvalue weighted by atomic mass is 9.98. The first-order chi connectivity index (χ1) is 10.3. The predicted octanol–water partition coefficient (Wildman–Crippen LogP) is 3.62. The van der Waals surface area contributed by atoms with Crippen molar-refractivity contribution < 1.29 is 4.52 Å². The molecule has 21 heavy (non-hydrogen) atoms. The van der Waals surface area contributed by atoms with Crippen LogP contribution in [0.4, 0.5) is 0 Å². The predicted molar refractivity (Wildman–Crippen MR) is 81.6 cm³/mol. The maximum absolute atomic E-state index is 6.40. The van der Waals surface area contributed by atoms with Crippen LogP contribution in [0.1, 0.15) is 31.5 Å². The second-order valence-corrected chi connectivity index (χ2v) is 5.81.